The Bertz CT molecular complexity index is 1190. The van der Waals surface area contributed by atoms with Crippen molar-refractivity contribution in [2.24, 2.45) is 0 Å². The van der Waals surface area contributed by atoms with E-state index in [4.69, 9.17) is 16.1 Å². The normalized spacial score (nSPS) is 11.1. The van der Waals surface area contributed by atoms with Crippen LogP contribution < -0.4 is 0 Å². The van der Waals surface area contributed by atoms with Crippen LogP contribution in [0, 0.1) is 0 Å². The van der Waals surface area contributed by atoms with Gasteiger partial charge in [-0.3, -0.25) is 0 Å². The summed E-state index contributed by atoms with van der Waals surface area (Å²) in [5, 5.41) is 23.2. The SMILES string of the molecule is O=C(O)c1cccc2c1cc(C(=O)O)n2Cc1cc(-c2ccc(Cl)s2)on1. The number of thiophene rings is 1. The molecular weight excluding hydrogens is 392 g/mol. The number of carboxylic acid groups (broad SMARTS) is 2. The van der Waals surface area contributed by atoms with Gasteiger partial charge >= 0.3 is 11.9 Å². The van der Waals surface area contributed by atoms with Crippen LogP contribution in [0.2, 0.25) is 4.34 Å². The van der Waals surface area contributed by atoms with Gasteiger partial charge in [0.25, 0.3) is 0 Å². The summed E-state index contributed by atoms with van der Waals surface area (Å²) >= 11 is 7.28. The van der Waals surface area contributed by atoms with Gasteiger partial charge in [-0.2, -0.15) is 0 Å². The van der Waals surface area contributed by atoms with Crippen molar-refractivity contribution in [3.63, 3.8) is 0 Å². The second kappa shape index (κ2) is 6.57. The van der Waals surface area contributed by atoms with Gasteiger partial charge in [-0.05, 0) is 30.3 Å². The molecule has 27 heavy (non-hydrogen) atoms. The zero-order valence-electron chi connectivity index (χ0n) is 13.5. The third-order valence-corrected chi connectivity index (χ3v) is 5.34. The number of aromatic nitrogens is 2. The quantitative estimate of drug-likeness (QED) is 0.510. The predicted molar refractivity (Wildman–Crippen MR) is 99.8 cm³/mol. The molecule has 0 aliphatic heterocycles. The largest absolute Gasteiger partial charge is 0.478 e. The van der Waals surface area contributed by atoms with E-state index in [9.17, 15) is 19.8 Å². The van der Waals surface area contributed by atoms with Crippen LogP contribution in [0.5, 0.6) is 0 Å². The second-order valence-electron chi connectivity index (χ2n) is 5.75. The summed E-state index contributed by atoms with van der Waals surface area (Å²) in [7, 11) is 0. The van der Waals surface area contributed by atoms with E-state index in [1.807, 2.05) is 6.07 Å². The number of hydrogen-bond donors (Lipinski definition) is 2. The van der Waals surface area contributed by atoms with Crippen LogP contribution in [0.1, 0.15) is 26.5 Å². The van der Waals surface area contributed by atoms with Crippen molar-refractivity contribution in [2.45, 2.75) is 6.54 Å². The molecule has 0 aliphatic rings. The van der Waals surface area contributed by atoms with Gasteiger partial charge < -0.3 is 19.3 Å². The maximum absolute atomic E-state index is 11.7. The van der Waals surface area contributed by atoms with Gasteiger partial charge in [-0.15, -0.1) is 11.3 Å². The van der Waals surface area contributed by atoms with E-state index >= 15 is 0 Å². The van der Waals surface area contributed by atoms with E-state index in [0.29, 0.717) is 26.7 Å². The molecule has 0 saturated carbocycles. The molecule has 1 aromatic carbocycles. The standard InChI is InChI=1S/C18H11ClN2O5S/c19-16-5-4-15(27-16)14-6-9(20-26-14)8-21-12-3-1-2-10(17(22)23)11(12)7-13(21)18(24)25/h1-7H,8H2,(H,22,23)(H,24,25). The summed E-state index contributed by atoms with van der Waals surface area (Å²) in [6.07, 6.45) is 0. The van der Waals surface area contributed by atoms with Gasteiger partial charge in [0.2, 0.25) is 0 Å². The van der Waals surface area contributed by atoms with Crippen LogP contribution in [0.25, 0.3) is 21.5 Å². The van der Waals surface area contributed by atoms with Gasteiger partial charge in [0.15, 0.2) is 5.76 Å². The first-order valence-electron chi connectivity index (χ1n) is 7.74. The van der Waals surface area contributed by atoms with Crippen LogP contribution >= 0.6 is 22.9 Å². The van der Waals surface area contributed by atoms with Crippen LogP contribution in [0.15, 0.2) is 47.0 Å². The molecule has 2 N–H and O–H groups in total. The molecule has 0 spiro atoms. The van der Waals surface area contributed by atoms with Crippen LogP contribution in [0.3, 0.4) is 0 Å². The molecule has 4 rings (SSSR count). The summed E-state index contributed by atoms with van der Waals surface area (Å²) in [4.78, 5) is 23.9. The lowest BCUT2D eigenvalue weighted by atomic mass is 10.1. The fourth-order valence-electron chi connectivity index (χ4n) is 2.93. The van der Waals surface area contributed by atoms with Crippen molar-refractivity contribution in [1.82, 2.24) is 9.72 Å². The van der Waals surface area contributed by atoms with Crippen LogP contribution in [-0.2, 0) is 6.54 Å². The number of carboxylic acids is 2. The molecule has 3 heterocycles. The topological polar surface area (TPSA) is 106 Å². The number of halogens is 1. The second-order valence-corrected chi connectivity index (χ2v) is 7.47. The molecule has 0 unspecified atom stereocenters. The van der Waals surface area contributed by atoms with Crippen molar-refractivity contribution in [3.8, 4) is 10.6 Å². The highest BCUT2D eigenvalue weighted by Crippen LogP contribution is 2.32. The highest BCUT2D eigenvalue weighted by Gasteiger charge is 2.20. The Balaban J connectivity index is 1.78. The maximum atomic E-state index is 11.7. The summed E-state index contributed by atoms with van der Waals surface area (Å²) in [5.41, 5.74) is 1.02. The lowest BCUT2D eigenvalue weighted by molar-refractivity contribution is 0.0679. The van der Waals surface area contributed by atoms with E-state index < -0.39 is 11.9 Å². The molecule has 0 bridgehead atoms. The van der Waals surface area contributed by atoms with Gasteiger partial charge in [0, 0.05) is 17.0 Å². The van der Waals surface area contributed by atoms with Crippen molar-refractivity contribution < 1.29 is 24.3 Å². The number of nitrogens with zero attached hydrogens (tertiary/aromatic N) is 2. The summed E-state index contributed by atoms with van der Waals surface area (Å²) in [6.45, 7) is 0.122. The molecule has 7 nitrogen and oxygen atoms in total. The molecule has 0 radical (unpaired) electrons. The minimum absolute atomic E-state index is 0.0255. The van der Waals surface area contributed by atoms with Gasteiger partial charge in [0.05, 0.1) is 21.3 Å². The highest BCUT2D eigenvalue weighted by atomic mass is 35.5. The molecular formula is C18H11ClN2O5S. The minimum atomic E-state index is -1.16. The molecule has 9 heteroatoms. The van der Waals surface area contributed by atoms with E-state index in [1.165, 1.54) is 28.0 Å². The first kappa shape index (κ1) is 17.3. The molecule has 4 aromatic rings. The van der Waals surface area contributed by atoms with Crippen LogP contribution in [0.4, 0.5) is 0 Å². The van der Waals surface area contributed by atoms with Gasteiger partial charge in [-0.1, -0.05) is 22.8 Å². The highest BCUT2D eigenvalue weighted by molar-refractivity contribution is 7.19. The van der Waals surface area contributed by atoms with E-state index in [2.05, 4.69) is 5.16 Å². The van der Waals surface area contributed by atoms with E-state index in [1.54, 1.807) is 24.3 Å². The zero-order chi connectivity index (χ0) is 19.1. The molecule has 0 atom stereocenters. The number of fused-ring (bicyclic) bond motifs is 1. The average Bonchev–Trinajstić information content (AvgIpc) is 3.33. The van der Waals surface area contributed by atoms with Gasteiger partial charge in [-0.25, -0.2) is 9.59 Å². The van der Waals surface area contributed by atoms with Crippen molar-refractivity contribution in [1.29, 1.82) is 0 Å². The molecule has 136 valence electrons. The van der Waals surface area contributed by atoms with Crippen molar-refractivity contribution >= 4 is 45.8 Å². The third kappa shape index (κ3) is 3.09. The lowest BCUT2D eigenvalue weighted by Crippen LogP contribution is -2.09. The lowest BCUT2D eigenvalue weighted by Gasteiger charge is -2.06. The molecule has 0 aliphatic carbocycles. The third-order valence-electron chi connectivity index (χ3n) is 4.09. The first-order valence-corrected chi connectivity index (χ1v) is 8.93. The van der Waals surface area contributed by atoms with Gasteiger partial charge in [0.1, 0.15) is 11.4 Å². The van der Waals surface area contributed by atoms with Crippen molar-refractivity contribution in [2.75, 3.05) is 0 Å². The molecule has 3 aromatic heterocycles. The smallest absolute Gasteiger partial charge is 0.352 e. The average molecular weight is 403 g/mol. The fourth-order valence-corrected chi connectivity index (χ4v) is 3.92. The maximum Gasteiger partial charge on any atom is 0.352 e. The Kier molecular flexibility index (Phi) is 4.21. The Morgan fingerprint density at radius 3 is 2.63 bits per heavy atom. The number of carbonyl (C=O) groups is 2. The zero-order valence-corrected chi connectivity index (χ0v) is 15.1. The fraction of sp³-hybridized carbons (Fsp3) is 0.0556. The number of hydrogen-bond acceptors (Lipinski definition) is 5. The number of rotatable bonds is 5. The predicted octanol–water partition coefficient (Wildman–Crippen LogP) is 4.46. The summed E-state index contributed by atoms with van der Waals surface area (Å²) < 4.78 is 7.46. The van der Waals surface area contributed by atoms with E-state index in [-0.39, 0.29) is 17.8 Å². The number of aromatic carboxylic acids is 2. The molecule has 0 fully saturated rings. The Hall–Kier alpha value is -3.10. The summed E-state index contributed by atoms with van der Waals surface area (Å²) in [5.74, 6) is -1.74. The number of benzene rings is 1. The molecule has 0 amide bonds. The van der Waals surface area contributed by atoms with Crippen molar-refractivity contribution in [3.05, 3.63) is 63.8 Å². The Labute approximate surface area is 161 Å². The first-order chi connectivity index (χ1) is 12.9. The Morgan fingerprint density at radius 2 is 1.96 bits per heavy atom. The summed E-state index contributed by atoms with van der Waals surface area (Å²) in [6, 6.07) is 11.3. The minimum Gasteiger partial charge on any atom is -0.478 e. The van der Waals surface area contributed by atoms with Crippen LogP contribution in [-0.4, -0.2) is 31.9 Å². The Morgan fingerprint density at radius 1 is 1.15 bits per heavy atom. The molecule has 0 saturated heterocycles. The van der Waals surface area contributed by atoms with E-state index in [0.717, 1.165) is 4.88 Å². The monoisotopic (exact) mass is 402 g/mol.